The van der Waals surface area contributed by atoms with E-state index in [1.165, 1.54) is 23.8 Å². The highest BCUT2D eigenvalue weighted by Crippen LogP contribution is 2.35. The summed E-state index contributed by atoms with van der Waals surface area (Å²) < 4.78 is 0. The van der Waals surface area contributed by atoms with E-state index in [0.717, 1.165) is 24.3 Å². The average Bonchev–Trinajstić information content (AvgIpc) is 3.13. The number of nitrogens with one attached hydrogen (secondary N) is 4. The van der Waals surface area contributed by atoms with Crippen LogP contribution >= 0.6 is 0 Å². The molecule has 2 atom stereocenters. The number of fused-ring (bicyclic) bond motifs is 1. The number of H-pyrrole nitrogens is 1. The Balaban J connectivity index is 1.28. The molecule has 1 aromatic carbocycles. The van der Waals surface area contributed by atoms with Crippen LogP contribution in [-0.4, -0.2) is 29.5 Å². The molecule has 5 nitrogen and oxygen atoms in total. The van der Waals surface area contributed by atoms with Gasteiger partial charge in [0.2, 0.25) is 5.91 Å². The van der Waals surface area contributed by atoms with E-state index in [1.807, 2.05) is 18.3 Å². The van der Waals surface area contributed by atoms with Crippen molar-refractivity contribution in [1.29, 1.82) is 0 Å². The first kappa shape index (κ1) is 13.8. The number of aromatic nitrogens is 1. The summed E-state index contributed by atoms with van der Waals surface area (Å²) >= 11 is 0. The molecule has 4 rings (SSSR count). The van der Waals surface area contributed by atoms with Crippen molar-refractivity contribution in [2.75, 3.05) is 6.54 Å². The van der Waals surface area contributed by atoms with Gasteiger partial charge in [0.15, 0.2) is 0 Å². The Morgan fingerprint density at radius 1 is 1.23 bits per heavy atom. The molecule has 1 aromatic heterocycles. The van der Waals surface area contributed by atoms with Crippen LogP contribution in [0.25, 0.3) is 10.9 Å². The van der Waals surface area contributed by atoms with Crippen molar-refractivity contribution in [3.63, 3.8) is 0 Å². The molecule has 1 amide bonds. The van der Waals surface area contributed by atoms with Gasteiger partial charge in [-0.25, -0.2) is 5.43 Å². The van der Waals surface area contributed by atoms with Crippen molar-refractivity contribution in [3.8, 4) is 0 Å². The first-order valence-electron chi connectivity index (χ1n) is 8.15. The largest absolute Gasteiger partial charge is 0.361 e. The molecule has 5 heteroatoms. The number of aromatic amines is 1. The number of carbonyl (C=O) groups is 1. The Morgan fingerprint density at radius 2 is 2.09 bits per heavy atom. The Hall–Kier alpha value is -1.85. The van der Waals surface area contributed by atoms with Gasteiger partial charge in [0.1, 0.15) is 6.04 Å². The molecule has 1 saturated carbocycles. The van der Waals surface area contributed by atoms with Crippen molar-refractivity contribution in [2.45, 2.75) is 37.8 Å². The molecule has 116 valence electrons. The minimum Gasteiger partial charge on any atom is -0.361 e. The van der Waals surface area contributed by atoms with E-state index in [9.17, 15) is 4.79 Å². The van der Waals surface area contributed by atoms with E-state index < -0.39 is 0 Å². The van der Waals surface area contributed by atoms with Gasteiger partial charge in [-0.05, 0) is 43.2 Å². The number of carbonyl (C=O) groups excluding carboxylic acids is 1. The summed E-state index contributed by atoms with van der Waals surface area (Å²) in [7, 11) is 0. The lowest BCUT2D eigenvalue weighted by molar-refractivity contribution is -0.122. The lowest BCUT2D eigenvalue weighted by Crippen LogP contribution is -2.44. The quantitative estimate of drug-likeness (QED) is 0.676. The number of benzene rings is 1. The van der Waals surface area contributed by atoms with E-state index >= 15 is 0 Å². The maximum Gasteiger partial charge on any atom is 0.238 e. The maximum absolute atomic E-state index is 12.2. The average molecular weight is 298 g/mol. The standard InChI is InChI=1S/C17H22N4O/c22-17(16-9-15(20-21-16)11-5-6-11)18-8-7-12-10-19-14-4-2-1-3-13(12)14/h1-4,10-11,15-16,19-21H,5-9H2,(H,18,22). The molecule has 2 aliphatic rings. The first-order valence-corrected chi connectivity index (χ1v) is 8.15. The Morgan fingerprint density at radius 3 is 2.95 bits per heavy atom. The number of hydrazine groups is 1. The Bertz CT molecular complexity index is 676. The lowest BCUT2D eigenvalue weighted by atomic mass is 10.1. The SMILES string of the molecule is O=C(NCCc1c[nH]c2ccccc12)C1CC(C2CC2)NN1. The summed E-state index contributed by atoms with van der Waals surface area (Å²) in [6.45, 7) is 0.674. The zero-order chi connectivity index (χ0) is 14.9. The number of hydrogen-bond acceptors (Lipinski definition) is 3. The van der Waals surface area contributed by atoms with Crippen molar-refractivity contribution in [2.24, 2.45) is 5.92 Å². The molecule has 4 N–H and O–H groups in total. The topological polar surface area (TPSA) is 69.0 Å². The van der Waals surface area contributed by atoms with Crippen molar-refractivity contribution < 1.29 is 4.79 Å². The highest BCUT2D eigenvalue weighted by molar-refractivity contribution is 5.84. The van der Waals surface area contributed by atoms with E-state index in [2.05, 4.69) is 33.3 Å². The summed E-state index contributed by atoms with van der Waals surface area (Å²) in [5, 5.41) is 4.29. The second kappa shape index (κ2) is 5.74. The molecule has 0 bridgehead atoms. The second-order valence-corrected chi connectivity index (χ2v) is 6.42. The van der Waals surface area contributed by atoms with Gasteiger partial charge in [0, 0.05) is 29.7 Å². The number of hydrogen-bond donors (Lipinski definition) is 4. The van der Waals surface area contributed by atoms with Gasteiger partial charge in [-0.3, -0.25) is 10.2 Å². The maximum atomic E-state index is 12.2. The van der Waals surface area contributed by atoms with Crippen LogP contribution in [0.5, 0.6) is 0 Å². The molecule has 1 saturated heterocycles. The van der Waals surface area contributed by atoms with E-state index in [4.69, 9.17) is 0 Å². The third-order valence-corrected chi connectivity index (χ3v) is 4.81. The number of amides is 1. The van der Waals surface area contributed by atoms with Crippen molar-refractivity contribution in [1.82, 2.24) is 21.2 Å². The van der Waals surface area contributed by atoms with Gasteiger partial charge < -0.3 is 10.3 Å². The van der Waals surface area contributed by atoms with E-state index in [0.29, 0.717) is 12.6 Å². The fourth-order valence-electron chi connectivity index (χ4n) is 3.34. The summed E-state index contributed by atoms with van der Waals surface area (Å²) in [5.41, 5.74) is 8.80. The van der Waals surface area contributed by atoms with E-state index in [-0.39, 0.29) is 11.9 Å². The predicted octanol–water partition coefficient (Wildman–Crippen LogP) is 1.47. The van der Waals surface area contributed by atoms with Crippen LogP contribution in [0.2, 0.25) is 0 Å². The molecule has 2 aromatic rings. The molecule has 22 heavy (non-hydrogen) atoms. The summed E-state index contributed by atoms with van der Waals surface area (Å²) in [5.74, 6) is 0.881. The third-order valence-electron chi connectivity index (χ3n) is 4.81. The smallest absolute Gasteiger partial charge is 0.238 e. The summed E-state index contributed by atoms with van der Waals surface area (Å²) in [6, 6.07) is 8.65. The van der Waals surface area contributed by atoms with Crippen molar-refractivity contribution >= 4 is 16.8 Å². The highest BCUT2D eigenvalue weighted by atomic mass is 16.2. The van der Waals surface area contributed by atoms with Gasteiger partial charge in [-0.2, -0.15) is 0 Å². The molecular weight excluding hydrogens is 276 g/mol. The second-order valence-electron chi connectivity index (χ2n) is 6.42. The van der Waals surface area contributed by atoms with Gasteiger partial charge in [0.05, 0.1) is 0 Å². The van der Waals surface area contributed by atoms with Gasteiger partial charge >= 0.3 is 0 Å². The minimum absolute atomic E-state index is 0.0893. The normalized spacial score (nSPS) is 24.7. The molecule has 2 unspecified atom stereocenters. The molecule has 0 radical (unpaired) electrons. The molecule has 0 spiro atoms. The molecule has 2 fully saturated rings. The predicted molar refractivity (Wildman–Crippen MR) is 86.2 cm³/mol. The fraction of sp³-hybridized carbons (Fsp3) is 0.471. The van der Waals surface area contributed by atoms with E-state index in [1.54, 1.807) is 0 Å². The third kappa shape index (κ3) is 2.74. The van der Waals surface area contributed by atoms with Crippen LogP contribution in [0.4, 0.5) is 0 Å². The minimum atomic E-state index is -0.0893. The van der Waals surface area contributed by atoms with Crippen LogP contribution in [0.1, 0.15) is 24.8 Å². The Labute approximate surface area is 129 Å². The fourth-order valence-corrected chi connectivity index (χ4v) is 3.34. The molecule has 1 aliphatic carbocycles. The van der Waals surface area contributed by atoms with Crippen molar-refractivity contribution in [3.05, 3.63) is 36.0 Å². The van der Waals surface area contributed by atoms with Gasteiger partial charge in [-0.15, -0.1) is 0 Å². The van der Waals surface area contributed by atoms with Crippen LogP contribution in [0.3, 0.4) is 0 Å². The van der Waals surface area contributed by atoms with Crippen LogP contribution in [0.15, 0.2) is 30.5 Å². The summed E-state index contributed by atoms with van der Waals surface area (Å²) in [4.78, 5) is 15.5. The Kier molecular flexibility index (Phi) is 3.60. The first-order chi connectivity index (χ1) is 10.8. The number of rotatable bonds is 5. The lowest BCUT2D eigenvalue weighted by Gasteiger charge is -2.10. The zero-order valence-electron chi connectivity index (χ0n) is 12.6. The van der Waals surface area contributed by atoms with Crippen LogP contribution in [0, 0.1) is 5.92 Å². The van der Waals surface area contributed by atoms with Crippen LogP contribution in [-0.2, 0) is 11.2 Å². The zero-order valence-corrected chi connectivity index (χ0v) is 12.6. The van der Waals surface area contributed by atoms with Crippen LogP contribution < -0.4 is 16.2 Å². The number of para-hydroxylation sites is 1. The van der Waals surface area contributed by atoms with Gasteiger partial charge in [0.25, 0.3) is 0 Å². The summed E-state index contributed by atoms with van der Waals surface area (Å²) in [6.07, 6.45) is 6.39. The monoisotopic (exact) mass is 298 g/mol. The highest BCUT2D eigenvalue weighted by Gasteiger charge is 2.38. The van der Waals surface area contributed by atoms with Gasteiger partial charge in [-0.1, -0.05) is 18.2 Å². The molecule has 1 aliphatic heterocycles. The molecular formula is C17H22N4O. The molecule has 2 heterocycles.